The van der Waals surface area contributed by atoms with Crippen LogP contribution in [0.25, 0.3) is 0 Å². The second-order valence-electron chi connectivity index (χ2n) is 4.50. The molecule has 0 saturated carbocycles. The maximum atomic E-state index is 11.1. The van der Waals surface area contributed by atoms with Gasteiger partial charge < -0.3 is 5.11 Å². The van der Waals surface area contributed by atoms with Gasteiger partial charge in [-0.2, -0.15) is 11.8 Å². The fourth-order valence-corrected chi connectivity index (χ4v) is 4.00. The van der Waals surface area contributed by atoms with Crippen LogP contribution in [0.3, 0.4) is 0 Å². The highest BCUT2D eigenvalue weighted by molar-refractivity contribution is 7.99. The molecule has 0 aliphatic carbocycles. The van der Waals surface area contributed by atoms with Gasteiger partial charge in [0, 0.05) is 17.5 Å². The number of likely N-dealkylation sites (tertiary alicyclic amines) is 1. The average molecular weight is 229 g/mol. The van der Waals surface area contributed by atoms with Crippen molar-refractivity contribution in [2.45, 2.75) is 31.7 Å². The normalized spacial score (nSPS) is 33.9. The van der Waals surface area contributed by atoms with Crippen molar-refractivity contribution in [3.8, 4) is 0 Å². The number of hydrogen-bond acceptors (Lipinski definition) is 3. The summed E-state index contributed by atoms with van der Waals surface area (Å²) in [5.74, 6) is 1.08. The van der Waals surface area contributed by atoms with E-state index in [4.69, 9.17) is 5.11 Å². The van der Waals surface area contributed by atoms with Crippen LogP contribution in [0.15, 0.2) is 0 Å². The SMILES string of the molecule is O=C(O)C1CSCC1N1CCCCCC1. The molecule has 0 spiro atoms. The van der Waals surface area contributed by atoms with Gasteiger partial charge in [-0.1, -0.05) is 12.8 Å². The van der Waals surface area contributed by atoms with E-state index in [1.165, 1.54) is 25.7 Å². The Morgan fingerprint density at radius 2 is 1.80 bits per heavy atom. The lowest BCUT2D eigenvalue weighted by atomic mass is 10.0. The van der Waals surface area contributed by atoms with E-state index in [1.807, 2.05) is 0 Å². The molecule has 15 heavy (non-hydrogen) atoms. The van der Waals surface area contributed by atoms with Crippen LogP contribution in [0, 0.1) is 5.92 Å². The Morgan fingerprint density at radius 3 is 2.40 bits per heavy atom. The maximum Gasteiger partial charge on any atom is 0.308 e. The minimum Gasteiger partial charge on any atom is -0.481 e. The molecule has 4 heteroatoms. The van der Waals surface area contributed by atoms with Crippen molar-refractivity contribution < 1.29 is 9.90 Å². The summed E-state index contributed by atoms with van der Waals surface area (Å²) in [6.45, 7) is 2.21. The zero-order chi connectivity index (χ0) is 10.7. The molecule has 1 N–H and O–H groups in total. The summed E-state index contributed by atoms with van der Waals surface area (Å²) in [5.41, 5.74) is 0. The molecule has 86 valence electrons. The van der Waals surface area contributed by atoms with Crippen molar-refractivity contribution in [3.05, 3.63) is 0 Å². The van der Waals surface area contributed by atoms with Crippen LogP contribution in [0.1, 0.15) is 25.7 Å². The minimum absolute atomic E-state index is 0.131. The zero-order valence-corrected chi connectivity index (χ0v) is 9.84. The second kappa shape index (κ2) is 5.21. The summed E-state index contributed by atoms with van der Waals surface area (Å²) in [6, 6.07) is 0.297. The van der Waals surface area contributed by atoms with E-state index in [1.54, 1.807) is 11.8 Å². The van der Waals surface area contributed by atoms with Gasteiger partial charge in [0.1, 0.15) is 0 Å². The van der Waals surface area contributed by atoms with Gasteiger partial charge in [-0.15, -0.1) is 0 Å². The van der Waals surface area contributed by atoms with Crippen LogP contribution >= 0.6 is 11.8 Å². The predicted molar refractivity (Wildman–Crippen MR) is 62.3 cm³/mol. The third-order valence-electron chi connectivity index (χ3n) is 3.48. The second-order valence-corrected chi connectivity index (χ2v) is 5.57. The van der Waals surface area contributed by atoms with Gasteiger partial charge >= 0.3 is 5.97 Å². The molecule has 2 fully saturated rings. The van der Waals surface area contributed by atoms with Gasteiger partial charge in [0.15, 0.2) is 0 Å². The Morgan fingerprint density at radius 1 is 1.13 bits per heavy atom. The summed E-state index contributed by atoms with van der Waals surface area (Å²) >= 11 is 1.80. The minimum atomic E-state index is -0.603. The highest BCUT2D eigenvalue weighted by Crippen LogP contribution is 2.30. The summed E-state index contributed by atoms with van der Waals surface area (Å²) in [5, 5.41) is 9.14. The number of carboxylic acid groups (broad SMARTS) is 1. The smallest absolute Gasteiger partial charge is 0.308 e. The molecule has 2 aliphatic heterocycles. The number of hydrogen-bond donors (Lipinski definition) is 1. The molecule has 0 bridgehead atoms. The molecular formula is C11H19NO2S. The largest absolute Gasteiger partial charge is 0.481 e. The summed E-state index contributed by atoms with van der Waals surface area (Å²) < 4.78 is 0. The van der Waals surface area contributed by atoms with Gasteiger partial charge in [-0.3, -0.25) is 9.69 Å². The van der Waals surface area contributed by atoms with Gasteiger partial charge in [0.05, 0.1) is 5.92 Å². The first kappa shape index (κ1) is 11.3. The van der Waals surface area contributed by atoms with Crippen molar-refractivity contribution >= 4 is 17.7 Å². The molecule has 0 aromatic carbocycles. The number of aliphatic carboxylic acids is 1. The van der Waals surface area contributed by atoms with Crippen LogP contribution in [-0.4, -0.2) is 46.6 Å². The van der Waals surface area contributed by atoms with E-state index in [2.05, 4.69) is 4.90 Å². The van der Waals surface area contributed by atoms with Crippen LogP contribution < -0.4 is 0 Å². The average Bonchev–Trinajstić information content (AvgIpc) is 2.55. The topological polar surface area (TPSA) is 40.5 Å². The standard InChI is InChI=1S/C11H19NO2S/c13-11(14)9-7-15-8-10(9)12-5-3-1-2-4-6-12/h9-10H,1-8H2,(H,13,14). The molecule has 2 atom stereocenters. The van der Waals surface area contributed by atoms with Crippen LogP contribution in [0.5, 0.6) is 0 Å². The van der Waals surface area contributed by atoms with E-state index < -0.39 is 5.97 Å². The maximum absolute atomic E-state index is 11.1. The van der Waals surface area contributed by atoms with Crippen molar-refractivity contribution in [1.29, 1.82) is 0 Å². The molecule has 0 amide bonds. The lowest BCUT2D eigenvalue weighted by Gasteiger charge is -2.29. The zero-order valence-electron chi connectivity index (χ0n) is 9.02. The first-order chi connectivity index (χ1) is 7.29. The van der Waals surface area contributed by atoms with Crippen molar-refractivity contribution in [3.63, 3.8) is 0 Å². The number of carbonyl (C=O) groups is 1. The summed E-state index contributed by atoms with van der Waals surface area (Å²) in [4.78, 5) is 13.5. The highest BCUT2D eigenvalue weighted by Gasteiger charge is 2.37. The molecule has 0 aromatic heterocycles. The molecular weight excluding hydrogens is 210 g/mol. The number of thioether (sulfide) groups is 1. The molecule has 0 aromatic rings. The molecule has 0 radical (unpaired) electrons. The fraction of sp³-hybridized carbons (Fsp3) is 0.909. The summed E-state index contributed by atoms with van der Waals surface area (Å²) in [7, 11) is 0. The third kappa shape index (κ3) is 2.67. The highest BCUT2D eigenvalue weighted by atomic mass is 32.2. The Labute approximate surface area is 95.2 Å². The Balaban J connectivity index is 1.97. The predicted octanol–water partition coefficient (Wildman–Crippen LogP) is 1.68. The van der Waals surface area contributed by atoms with Crippen molar-refractivity contribution in [2.75, 3.05) is 24.6 Å². The van der Waals surface area contributed by atoms with Crippen LogP contribution in [-0.2, 0) is 4.79 Å². The van der Waals surface area contributed by atoms with Crippen molar-refractivity contribution in [2.24, 2.45) is 5.92 Å². The molecule has 2 unspecified atom stereocenters. The van der Waals surface area contributed by atoms with Gasteiger partial charge in [-0.25, -0.2) is 0 Å². The lowest BCUT2D eigenvalue weighted by molar-refractivity contribution is -0.142. The van der Waals surface area contributed by atoms with E-state index >= 15 is 0 Å². The van der Waals surface area contributed by atoms with Crippen LogP contribution in [0.2, 0.25) is 0 Å². The van der Waals surface area contributed by atoms with E-state index in [0.717, 1.165) is 24.6 Å². The quantitative estimate of drug-likeness (QED) is 0.782. The summed E-state index contributed by atoms with van der Waals surface area (Å²) in [6.07, 6.45) is 5.11. The molecule has 2 aliphatic rings. The first-order valence-corrected chi connectivity index (χ1v) is 6.99. The molecule has 2 saturated heterocycles. The number of nitrogens with zero attached hydrogens (tertiary/aromatic N) is 1. The third-order valence-corrected chi connectivity index (χ3v) is 4.65. The van der Waals surface area contributed by atoms with E-state index in [9.17, 15) is 4.79 Å². The Hall–Kier alpha value is -0.220. The van der Waals surface area contributed by atoms with Crippen molar-refractivity contribution in [1.82, 2.24) is 4.90 Å². The van der Waals surface area contributed by atoms with Crippen LogP contribution in [0.4, 0.5) is 0 Å². The van der Waals surface area contributed by atoms with E-state index in [-0.39, 0.29) is 5.92 Å². The fourth-order valence-electron chi connectivity index (χ4n) is 2.57. The Bertz CT molecular complexity index is 227. The molecule has 2 heterocycles. The van der Waals surface area contributed by atoms with Gasteiger partial charge in [-0.05, 0) is 25.9 Å². The number of rotatable bonds is 2. The van der Waals surface area contributed by atoms with Gasteiger partial charge in [0.25, 0.3) is 0 Å². The van der Waals surface area contributed by atoms with Gasteiger partial charge in [0.2, 0.25) is 0 Å². The van der Waals surface area contributed by atoms with E-state index in [0.29, 0.717) is 6.04 Å². The number of carboxylic acids is 1. The molecule has 3 nitrogen and oxygen atoms in total. The first-order valence-electron chi connectivity index (χ1n) is 5.83. The lowest BCUT2D eigenvalue weighted by Crippen LogP contribution is -2.43. The Kier molecular flexibility index (Phi) is 3.92. The monoisotopic (exact) mass is 229 g/mol. The molecule has 2 rings (SSSR count).